The molecule has 0 aromatic carbocycles. The van der Waals surface area contributed by atoms with Crippen molar-refractivity contribution >= 4 is 8.24 Å². The Hall–Kier alpha value is 0.137. The fourth-order valence-corrected chi connectivity index (χ4v) is 12.4. The predicted octanol–water partition coefficient (Wildman–Crippen LogP) is 5.59. The topological polar surface area (TPSA) is 21.3 Å². The highest BCUT2D eigenvalue weighted by Crippen LogP contribution is 2.63. The van der Waals surface area contributed by atoms with Gasteiger partial charge in [-0.2, -0.15) is 0 Å². The van der Waals surface area contributed by atoms with E-state index in [9.17, 15) is 0 Å². The summed E-state index contributed by atoms with van der Waals surface area (Å²) in [5, 5.41) is 0. The largest absolute Gasteiger partial charge is 0.374 e. The summed E-state index contributed by atoms with van der Waals surface area (Å²) in [6, 6.07) is 0. The lowest BCUT2D eigenvalue weighted by molar-refractivity contribution is 0.00356. The monoisotopic (exact) mass is 363 g/mol. The van der Waals surface area contributed by atoms with Crippen LogP contribution in [0.5, 0.6) is 0 Å². The number of rotatable bonds is 2. The van der Waals surface area contributed by atoms with Crippen LogP contribution in [0, 0.1) is 29.6 Å². The van der Waals surface area contributed by atoms with Crippen LogP contribution in [0.2, 0.25) is 18.6 Å². The van der Waals surface area contributed by atoms with Crippen LogP contribution in [0.4, 0.5) is 0 Å². The van der Waals surface area contributed by atoms with Gasteiger partial charge in [-0.25, -0.2) is 0 Å². The van der Waals surface area contributed by atoms with Gasteiger partial charge in [-0.05, 0) is 81.6 Å². The molecule has 3 aliphatic carbocycles. The molecule has 1 aliphatic heterocycles. The quantitative estimate of drug-likeness (QED) is 0.646. The molecule has 1 N–H and O–H groups in total. The van der Waals surface area contributed by atoms with Crippen molar-refractivity contribution in [2.24, 2.45) is 29.6 Å². The van der Waals surface area contributed by atoms with Crippen molar-refractivity contribution in [1.82, 2.24) is 4.98 Å². The van der Waals surface area contributed by atoms with Gasteiger partial charge in [0.15, 0.2) is 0 Å². The number of hydrogen-bond acceptors (Lipinski definition) is 2. The Morgan fingerprint density at radius 2 is 1.60 bits per heavy atom. The molecule has 4 aliphatic rings. The van der Waals surface area contributed by atoms with Gasteiger partial charge >= 0.3 is 0 Å². The van der Waals surface area contributed by atoms with Crippen molar-refractivity contribution in [3.8, 4) is 0 Å². The van der Waals surface area contributed by atoms with E-state index in [1.807, 2.05) is 0 Å². The van der Waals surface area contributed by atoms with Crippen molar-refractivity contribution in [3.05, 3.63) is 0 Å². The highest BCUT2D eigenvalue weighted by molar-refractivity contribution is 6.76. The maximum Gasteiger partial charge on any atom is 0.125 e. The minimum absolute atomic E-state index is 0.220. The molecule has 144 valence electrons. The second kappa shape index (κ2) is 6.34. The predicted molar refractivity (Wildman–Crippen MR) is 108 cm³/mol. The zero-order chi connectivity index (χ0) is 18.0. The molecule has 0 bridgehead atoms. The number of nitrogens with one attached hydrogen (secondary N) is 1. The minimum Gasteiger partial charge on any atom is -0.374 e. The van der Waals surface area contributed by atoms with E-state index < -0.39 is 8.24 Å². The Bertz CT molecular complexity index is 499. The second-order valence-electron chi connectivity index (χ2n) is 11.5. The summed E-state index contributed by atoms with van der Waals surface area (Å²) in [6.07, 6.45) is 11.2. The summed E-state index contributed by atoms with van der Waals surface area (Å²) in [7, 11) is -1.56. The molecule has 1 saturated heterocycles. The molecule has 0 aromatic heterocycles. The van der Waals surface area contributed by atoms with Gasteiger partial charge in [-0.1, -0.05) is 39.3 Å². The lowest BCUT2D eigenvalue weighted by Crippen LogP contribution is -2.59. The van der Waals surface area contributed by atoms with Crippen molar-refractivity contribution in [1.29, 1.82) is 0 Å². The first-order valence-electron chi connectivity index (χ1n) is 11.1. The van der Waals surface area contributed by atoms with Crippen LogP contribution in [-0.4, -0.2) is 26.0 Å². The molecule has 3 heteroatoms. The van der Waals surface area contributed by atoms with E-state index in [2.05, 4.69) is 45.8 Å². The second-order valence-corrected chi connectivity index (χ2v) is 15.9. The van der Waals surface area contributed by atoms with Crippen LogP contribution in [0.15, 0.2) is 0 Å². The summed E-state index contributed by atoms with van der Waals surface area (Å²) < 4.78 is 6.94. The summed E-state index contributed by atoms with van der Waals surface area (Å²) in [4.78, 5) is 4.13. The average Bonchev–Trinajstić information content (AvgIpc) is 2.98. The lowest BCUT2D eigenvalue weighted by atomic mass is 9.68. The summed E-state index contributed by atoms with van der Waals surface area (Å²) in [5.74, 6) is 4.60. The number of ether oxygens (including phenoxy) is 1. The Balaban J connectivity index is 1.65. The molecule has 25 heavy (non-hydrogen) atoms. The Morgan fingerprint density at radius 3 is 2.28 bits per heavy atom. The normalized spacial score (nSPS) is 47.3. The zero-order valence-electron chi connectivity index (χ0n) is 17.5. The minimum atomic E-state index is -1.56. The Morgan fingerprint density at radius 1 is 0.920 bits per heavy atom. The molecule has 0 aromatic rings. The molecule has 0 amide bonds. The zero-order valence-corrected chi connectivity index (χ0v) is 18.5. The number of hydrogen-bond donors (Lipinski definition) is 1. The van der Waals surface area contributed by atoms with E-state index >= 15 is 0 Å². The maximum atomic E-state index is 6.94. The van der Waals surface area contributed by atoms with Gasteiger partial charge < -0.3 is 9.72 Å². The van der Waals surface area contributed by atoms with Gasteiger partial charge in [0.1, 0.15) is 8.24 Å². The first-order valence-corrected chi connectivity index (χ1v) is 14.2. The van der Waals surface area contributed by atoms with Crippen molar-refractivity contribution in [2.75, 3.05) is 0 Å². The number of fused-ring (bicyclic) bond motifs is 5. The molecule has 2 nitrogen and oxygen atoms in total. The Labute approximate surface area is 157 Å². The SMILES string of the molecule is CC1CCC2OC3C(C2C1)C1CCCCC1C3[Si](C)(C)NC(C)(C)C. The van der Waals surface area contributed by atoms with Gasteiger partial charge in [0, 0.05) is 5.54 Å². The first kappa shape index (κ1) is 18.5. The van der Waals surface area contributed by atoms with E-state index in [1.165, 1.54) is 44.9 Å². The molecular formula is C22H41NOSi. The third kappa shape index (κ3) is 3.27. The van der Waals surface area contributed by atoms with E-state index in [4.69, 9.17) is 4.74 Å². The molecule has 3 saturated carbocycles. The van der Waals surface area contributed by atoms with Gasteiger partial charge in [0.2, 0.25) is 0 Å². The lowest BCUT2D eigenvalue weighted by Gasteiger charge is -2.44. The fourth-order valence-electron chi connectivity index (χ4n) is 7.74. The molecule has 8 atom stereocenters. The van der Waals surface area contributed by atoms with Crippen molar-refractivity contribution in [3.63, 3.8) is 0 Å². The smallest absolute Gasteiger partial charge is 0.125 e. The van der Waals surface area contributed by atoms with Crippen LogP contribution in [0.3, 0.4) is 0 Å². The third-order valence-electron chi connectivity index (χ3n) is 8.02. The van der Waals surface area contributed by atoms with Crippen LogP contribution in [0.1, 0.15) is 72.6 Å². The first-order chi connectivity index (χ1) is 11.7. The van der Waals surface area contributed by atoms with Crippen LogP contribution < -0.4 is 4.98 Å². The van der Waals surface area contributed by atoms with E-state index in [0.717, 1.165) is 35.1 Å². The molecule has 4 fully saturated rings. The highest BCUT2D eigenvalue weighted by atomic mass is 28.3. The molecule has 1 heterocycles. The fraction of sp³-hybridized carbons (Fsp3) is 1.00. The van der Waals surface area contributed by atoms with Crippen molar-refractivity contribution < 1.29 is 4.74 Å². The third-order valence-corrected chi connectivity index (χ3v) is 11.8. The molecule has 4 rings (SSSR count). The van der Waals surface area contributed by atoms with Crippen LogP contribution in [0.25, 0.3) is 0 Å². The summed E-state index contributed by atoms with van der Waals surface area (Å²) in [6.45, 7) is 14.7. The summed E-state index contributed by atoms with van der Waals surface area (Å²) in [5.41, 5.74) is 1.04. The molecule has 8 unspecified atom stereocenters. The molecular weight excluding hydrogens is 322 g/mol. The van der Waals surface area contributed by atoms with Crippen LogP contribution >= 0.6 is 0 Å². The molecule has 0 spiro atoms. The summed E-state index contributed by atoms with van der Waals surface area (Å²) >= 11 is 0. The maximum absolute atomic E-state index is 6.94. The van der Waals surface area contributed by atoms with E-state index in [0.29, 0.717) is 12.2 Å². The van der Waals surface area contributed by atoms with Crippen LogP contribution in [-0.2, 0) is 4.74 Å². The molecule has 0 radical (unpaired) electrons. The average molecular weight is 364 g/mol. The van der Waals surface area contributed by atoms with Crippen molar-refractivity contribution in [2.45, 2.75) is 109 Å². The van der Waals surface area contributed by atoms with Gasteiger partial charge in [0.05, 0.1) is 12.2 Å². The van der Waals surface area contributed by atoms with Gasteiger partial charge in [-0.3, -0.25) is 0 Å². The highest BCUT2D eigenvalue weighted by Gasteiger charge is 2.63. The van der Waals surface area contributed by atoms with Gasteiger partial charge in [-0.15, -0.1) is 0 Å². The van der Waals surface area contributed by atoms with E-state index in [1.54, 1.807) is 0 Å². The Kier molecular flexibility index (Phi) is 4.69. The van der Waals surface area contributed by atoms with Gasteiger partial charge in [0.25, 0.3) is 0 Å². The standard InChI is InChI=1S/C22H41NOSi/c1-14-11-12-18-17(13-14)19-15-9-7-8-10-16(15)21(20(19)24-18)25(5,6)23-22(2,3)4/h14-21,23H,7-13H2,1-6H3. The van der Waals surface area contributed by atoms with E-state index in [-0.39, 0.29) is 5.54 Å².